The van der Waals surface area contributed by atoms with Crippen LogP contribution in [0, 0.1) is 17.2 Å². The Morgan fingerprint density at radius 1 is 1.18 bits per heavy atom. The summed E-state index contributed by atoms with van der Waals surface area (Å²) in [6, 6.07) is 14.3. The molecule has 0 spiro atoms. The summed E-state index contributed by atoms with van der Waals surface area (Å²) < 4.78 is 43.7. The molecule has 1 aromatic heterocycles. The molecular formula is C25H24F3N3O3. The molecule has 0 saturated heterocycles. The minimum absolute atomic E-state index is 0.0167. The average Bonchev–Trinajstić information content (AvgIpc) is 3.15. The molecule has 0 aliphatic heterocycles. The second-order valence-corrected chi connectivity index (χ2v) is 8.52. The molecule has 1 amide bonds. The summed E-state index contributed by atoms with van der Waals surface area (Å²) in [6.45, 7) is 0.457. The van der Waals surface area contributed by atoms with Crippen molar-refractivity contribution in [3.8, 4) is 11.8 Å². The number of hydrogen-bond donors (Lipinski definition) is 2. The first-order valence-corrected chi connectivity index (χ1v) is 11.1. The quantitative estimate of drug-likeness (QED) is 0.544. The maximum absolute atomic E-state index is 13.1. The molecule has 1 aliphatic carbocycles. The standard InChI is InChI=1S/C25H24F3N3O3/c26-25(27,28)34-20-6-3-4-17(11-20)15-31-21-9-8-16(13-29)10-19(21)12-22(31)24(33)30-14-18-5-1-2-7-23(18)32/h3-4,6,8-12,18,23,32H,1-2,5,7,14-15H2,(H,30,33)/t18-,23+/m0/s1. The van der Waals surface area contributed by atoms with Crippen LogP contribution in [-0.4, -0.2) is 34.6 Å². The van der Waals surface area contributed by atoms with Crippen LogP contribution >= 0.6 is 0 Å². The first-order valence-electron chi connectivity index (χ1n) is 11.1. The molecular weight excluding hydrogens is 447 g/mol. The van der Waals surface area contributed by atoms with E-state index in [0.717, 1.165) is 19.3 Å². The monoisotopic (exact) mass is 471 g/mol. The first-order chi connectivity index (χ1) is 16.2. The zero-order valence-electron chi connectivity index (χ0n) is 18.3. The maximum atomic E-state index is 13.1. The summed E-state index contributed by atoms with van der Waals surface area (Å²) in [5.41, 5.74) is 1.93. The molecule has 2 aromatic carbocycles. The van der Waals surface area contributed by atoms with Crippen LogP contribution in [0.2, 0.25) is 0 Å². The number of nitrogens with zero attached hydrogens (tertiary/aromatic N) is 2. The van der Waals surface area contributed by atoms with Crippen molar-refractivity contribution in [2.24, 2.45) is 5.92 Å². The molecule has 178 valence electrons. The highest BCUT2D eigenvalue weighted by atomic mass is 19.4. The van der Waals surface area contributed by atoms with E-state index in [1.807, 2.05) is 0 Å². The van der Waals surface area contributed by atoms with Crippen molar-refractivity contribution in [2.45, 2.75) is 44.7 Å². The highest BCUT2D eigenvalue weighted by molar-refractivity contribution is 5.99. The Labute approximate surface area is 194 Å². The Bertz CT molecular complexity index is 1230. The predicted molar refractivity (Wildman–Crippen MR) is 119 cm³/mol. The van der Waals surface area contributed by atoms with Crippen LogP contribution in [0.15, 0.2) is 48.5 Å². The number of hydrogen-bond acceptors (Lipinski definition) is 4. The van der Waals surface area contributed by atoms with Gasteiger partial charge in [0.25, 0.3) is 5.91 Å². The van der Waals surface area contributed by atoms with Gasteiger partial charge in [0, 0.05) is 29.9 Å². The van der Waals surface area contributed by atoms with E-state index in [-0.39, 0.29) is 24.1 Å². The van der Waals surface area contributed by atoms with Gasteiger partial charge in [0.1, 0.15) is 11.4 Å². The predicted octanol–water partition coefficient (Wildman–Crippen LogP) is 4.74. The lowest BCUT2D eigenvalue weighted by Crippen LogP contribution is -2.37. The van der Waals surface area contributed by atoms with Gasteiger partial charge in [0.15, 0.2) is 0 Å². The fourth-order valence-corrected chi connectivity index (χ4v) is 4.46. The number of halogens is 3. The lowest BCUT2D eigenvalue weighted by atomic mass is 9.86. The number of aromatic nitrogens is 1. The highest BCUT2D eigenvalue weighted by Gasteiger charge is 2.31. The fraction of sp³-hybridized carbons (Fsp3) is 0.360. The zero-order valence-corrected chi connectivity index (χ0v) is 18.3. The molecule has 0 unspecified atom stereocenters. The minimum Gasteiger partial charge on any atom is -0.406 e. The van der Waals surface area contributed by atoms with E-state index in [1.54, 1.807) is 34.9 Å². The summed E-state index contributed by atoms with van der Waals surface area (Å²) in [4.78, 5) is 13.1. The number of ether oxygens (including phenoxy) is 1. The number of benzene rings is 2. The van der Waals surface area contributed by atoms with Crippen LogP contribution in [0.5, 0.6) is 5.75 Å². The molecule has 2 atom stereocenters. The SMILES string of the molecule is N#Cc1ccc2c(c1)cc(C(=O)NC[C@@H]1CCCC[C@H]1O)n2Cc1cccc(OC(F)(F)F)c1. The summed E-state index contributed by atoms with van der Waals surface area (Å²) in [6.07, 6.45) is -1.73. The van der Waals surface area contributed by atoms with E-state index in [0.29, 0.717) is 40.7 Å². The third-order valence-electron chi connectivity index (χ3n) is 6.13. The summed E-state index contributed by atoms with van der Waals surface area (Å²) in [5.74, 6) is -0.711. The zero-order chi connectivity index (χ0) is 24.3. The van der Waals surface area contributed by atoms with Crippen molar-refractivity contribution in [3.63, 3.8) is 0 Å². The average molecular weight is 471 g/mol. The van der Waals surface area contributed by atoms with Crippen LogP contribution in [-0.2, 0) is 6.54 Å². The largest absolute Gasteiger partial charge is 0.573 e. The molecule has 1 aliphatic rings. The molecule has 0 bridgehead atoms. The number of carbonyl (C=O) groups is 1. The van der Waals surface area contributed by atoms with Gasteiger partial charge in [0.05, 0.1) is 17.7 Å². The van der Waals surface area contributed by atoms with Crippen LogP contribution in [0.4, 0.5) is 13.2 Å². The Kier molecular flexibility index (Phi) is 6.80. The maximum Gasteiger partial charge on any atom is 0.573 e. The number of nitriles is 1. The number of rotatable bonds is 6. The van der Waals surface area contributed by atoms with Crippen LogP contribution in [0.1, 0.15) is 47.3 Å². The van der Waals surface area contributed by atoms with Crippen molar-refractivity contribution in [1.82, 2.24) is 9.88 Å². The number of nitrogens with one attached hydrogen (secondary N) is 1. The van der Waals surface area contributed by atoms with Gasteiger partial charge in [0.2, 0.25) is 0 Å². The van der Waals surface area contributed by atoms with Crippen molar-refractivity contribution in [1.29, 1.82) is 5.26 Å². The summed E-state index contributed by atoms with van der Waals surface area (Å²) >= 11 is 0. The van der Waals surface area contributed by atoms with Gasteiger partial charge >= 0.3 is 6.36 Å². The van der Waals surface area contributed by atoms with E-state index < -0.39 is 12.5 Å². The van der Waals surface area contributed by atoms with Crippen molar-refractivity contribution in [3.05, 3.63) is 65.4 Å². The number of fused-ring (bicyclic) bond motifs is 1. The van der Waals surface area contributed by atoms with Crippen molar-refractivity contribution in [2.75, 3.05) is 6.54 Å². The van der Waals surface area contributed by atoms with Crippen molar-refractivity contribution < 1.29 is 27.8 Å². The molecule has 34 heavy (non-hydrogen) atoms. The third kappa shape index (κ3) is 5.51. The molecule has 6 nitrogen and oxygen atoms in total. The Morgan fingerprint density at radius 3 is 2.71 bits per heavy atom. The van der Waals surface area contributed by atoms with E-state index >= 15 is 0 Å². The van der Waals surface area contributed by atoms with Gasteiger partial charge < -0.3 is 19.7 Å². The molecule has 4 rings (SSSR count). The smallest absolute Gasteiger partial charge is 0.406 e. The molecule has 1 saturated carbocycles. The van der Waals surface area contributed by atoms with Gasteiger partial charge in [-0.25, -0.2) is 0 Å². The minimum atomic E-state index is -4.80. The summed E-state index contributed by atoms with van der Waals surface area (Å²) in [5, 5.41) is 23.0. The van der Waals surface area contributed by atoms with Gasteiger partial charge in [-0.2, -0.15) is 5.26 Å². The van der Waals surface area contributed by atoms with Gasteiger partial charge in [-0.05, 0) is 54.8 Å². The number of aliphatic hydroxyl groups excluding tert-OH is 1. The molecule has 0 radical (unpaired) electrons. The fourth-order valence-electron chi connectivity index (χ4n) is 4.46. The Morgan fingerprint density at radius 2 is 1.97 bits per heavy atom. The molecule has 1 heterocycles. The molecule has 3 aromatic rings. The normalized spacial score (nSPS) is 18.4. The van der Waals surface area contributed by atoms with Gasteiger partial charge in [-0.3, -0.25) is 4.79 Å². The number of amides is 1. The van der Waals surface area contributed by atoms with E-state index in [2.05, 4.69) is 16.1 Å². The van der Waals surface area contributed by atoms with Crippen molar-refractivity contribution >= 4 is 16.8 Å². The first kappa shape index (κ1) is 23.6. The number of carbonyl (C=O) groups excluding carboxylic acids is 1. The van der Waals surface area contributed by atoms with E-state index in [1.165, 1.54) is 18.2 Å². The molecule has 1 fully saturated rings. The van der Waals surface area contributed by atoms with Gasteiger partial charge in [-0.15, -0.1) is 13.2 Å². The second kappa shape index (κ2) is 9.77. The number of aliphatic hydroxyl groups is 1. The lowest BCUT2D eigenvalue weighted by Gasteiger charge is -2.27. The number of alkyl halides is 3. The third-order valence-corrected chi connectivity index (χ3v) is 6.13. The highest BCUT2D eigenvalue weighted by Crippen LogP contribution is 2.27. The summed E-state index contributed by atoms with van der Waals surface area (Å²) in [7, 11) is 0. The van der Waals surface area contributed by atoms with Crippen LogP contribution in [0.25, 0.3) is 10.9 Å². The Hall–Kier alpha value is -3.51. The topological polar surface area (TPSA) is 87.3 Å². The second-order valence-electron chi connectivity index (χ2n) is 8.52. The lowest BCUT2D eigenvalue weighted by molar-refractivity contribution is -0.274. The van der Waals surface area contributed by atoms with Crippen LogP contribution < -0.4 is 10.1 Å². The van der Waals surface area contributed by atoms with Gasteiger partial charge in [-0.1, -0.05) is 25.0 Å². The van der Waals surface area contributed by atoms with E-state index in [4.69, 9.17) is 0 Å². The molecule has 9 heteroatoms. The van der Waals surface area contributed by atoms with Crippen LogP contribution in [0.3, 0.4) is 0 Å². The Balaban J connectivity index is 1.63. The van der Waals surface area contributed by atoms with E-state index in [9.17, 15) is 28.3 Å². The molecule has 2 N–H and O–H groups in total.